The molecule has 1 aromatic rings. The average molecular weight is 317 g/mol. The molecule has 23 heavy (non-hydrogen) atoms. The fourth-order valence-corrected chi connectivity index (χ4v) is 1.72. The van der Waals surface area contributed by atoms with E-state index in [-0.39, 0.29) is 12.2 Å². The Hall–Kier alpha value is -3.34. The first-order valence-corrected chi connectivity index (χ1v) is 6.50. The molecule has 0 bridgehead atoms. The van der Waals surface area contributed by atoms with Crippen molar-refractivity contribution in [1.29, 1.82) is 5.26 Å². The highest BCUT2D eigenvalue weighted by atomic mass is 16.4. The van der Waals surface area contributed by atoms with Crippen LogP contribution in [0.5, 0.6) is 5.75 Å². The largest absolute Gasteiger partial charge is 0.508 e. The van der Waals surface area contributed by atoms with Crippen molar-refractivity contribution >= 4 is 17.8 Å². The summed E-state index contributed by atoms with van der Waals surface area (Å²) in [6.45, 7) is 0. The maximum Gasteiger partial charge on any atom is 0.328 e. The highest BCUT2D eigenvalue weighted by molar-refractivity contribution is 5.96. The van der Waals surface area contributed by atoms with Gasteiger partial charge in [-0.2, -0.15) is 5.26 Å². The molecule has 0 radical (unpaired) electrons. The van der Waals surface area contributed by atoms with Gasteiger partial charge in [-0.3, -0.25) is 14.5 Å². The smallest absolute Gasteiger partial charge is 0.328 e. The number of nitrogens with one attached hydrogen (secondary N) is 1. The summed E-state index contributed by atoms with van der Waals surface area (Å²) in [5, 5.41) is 28.9. The summed E-state index contributed by atoms with van der Waals surface area (Å²) in [4.78, 5) is 34.9. The molecule has 3 N–H and O–H groups in total. The van der Waals surface area contributed by atoms with Crippen molar-refractivity contribution in [1.82, 2.24) is 10.2 Å². The zero-order valence-electron chi connectivity index (χ0n) is 12.3. The Bertz CT molecular complexity index is 661. The maximum absolute atomic E-state index is 12.1. The lowest BCUT2D eigenvalue weighted by molar-refractivity contribution is -0.132. The summed E-state index contributed by atoms with van der Waals surface area (Å²) >= 11 is 0. The number of phenolic OH excluding ortho intramolecular Hbond substituents is 1. The second kappa shape index (κ2) is 8.19. The fraction of sp³-hybridized carbons (Fsp3) is 0.200. The van der Waals surface area contributed by atoms with E-state index >= 15 is 0 Å². The molecule has 0 aromatic heterocycles. The molecule has 0 saturated heterocycles. The third-order valence-electron chi connectivity index (χ3n) is 2.85. The van der Waals surface area contributed by atoms with Gasteiger partial charge in [0.25, 0.3) is 5.91 Å². The Labute approximate surface area is 132 Å². The van der Waals surface area contributed by atoms with Gasteiger partial charge in [-0.15, -0.1) is 0 Å². The number of carbonyl (C=O) groups is 3. The Morgan fingerprint density at radius 3 is 2.43 bits per heavy atom. The minimum Gasteiger partial charge on any atom is -0.508 e. The van der Waals surface area contributed by atoms with Crippen molar-refractivity contribution < 1.29 is 24.6 Å². The summed E-state index contributed by atoms with van der Waals surface area (Å²) < 4.78 is 0. The van der Waals surface area contributed by atoms with Crippen molar-refractivity contribution in [2.75, 3.05) is 7.05 Å². The molecular weight excluding hydrogens is 302 g/mol. The monoisotopic (exact) mass is 317 g/mol. The molecule has 1 atom stereocenters. The number of nitrogens with zero attached hydrogens (tertiary/aromatic N) is 2. The number of aliphatic carboxylic acids is 1. The third-order valence-corrected chi connectivity index (χ3v) is 2.85. The summed E-state index contributed by atoms with van der Waals surface area (Å²) in [6, 6.07) is 4.95. The number of benzene rings is 1. The van der Waals surface area contributed by atoms with E-state index in [1.807, 2.05) is 0 Å². The molecule has 2 amide bonds. The summed E-state index contributed by atoms with van der Waals surface area (Å²) in [5.74, 6) is -2.65. The average Bonchev–Trinajstić information content (AvgIpc) is 2.52. The van der Waals surface area contributed by atoms with Crippen LogP contribution in [0.4, 0.5) is 0 Å². The Morgan fingerprint density at radius 2 is 1.91 bits per heavy atom. The molecule has 1 unspecified atom stereocenters. The molecular formula is C15H15N3O5. The molecule has 0 saturated carbocycles. The first-order chi connectivity index (χ1) is 10.8. The molecule has 0 aliphatic rings. The van der Waals surface area contributed by atoms with Gasteiger partial charge < -0.3 is 15.5 Å². The van der Waals surface area contributed by atoms with E-state index in [1.54, 1.807) is 18.3 Å². The van der Waals surface area contributed by atoms with Crippen LogP contribution in [-0.2, 0) is 20.8 Å². The lowest BCUT2D eigenvalue weighted by Gasteiger charge is -2.19. The van der Waals surface area contributed by atoms with Crippen LogP contribution in [0.25, 0.3) is 0 Å². The Balaban J connectivity index is 2.91. The van der Waals surface area contributed by atoms with Crippen molar-refractivity contribution in [3.8, 4) is 11.9 Å². The lowest BCUT2D eigenvalue weighted by atomic mass is 10.0. The molecule has 0 aliphatic heterocycles. The normalized spacial score (nSPS) is 11.5. The number of carboxylic acids is 1. The van der Waals surface area contributed by atoms with Gasteiger partial charge in [0.2, 0.25) is 5.91 Å². The zero-order chi connectivity index (χ0) is 17.4. The second-order valence-corrected chi connectivity index (χ2v) is 4.60. The quantitative estimate of drug-likeness (QED) is 0.384. The van der Waals surface area contributed by atoms with Crippen molar-refractivity contribution in [3.63, 3.8) is 0 Å². The van der Waals surface area contributed by atoms with Gasteiger partial charge in [-0.1, -0.05) is 12.1 Å². The SMILES string of the molecule is CN(C#N)C(=O)C(Cc1ccc(O)cc1)NC(=O)C=CC(=O)O. The fourth-order valence-electron chi connectivity index (χ4n) is 1.72. The predicted molar refractivity (Wildman–Crippen MR) is 78.9 cm³/mol. The van der Waals surface area contributed by atoms with Crippen LogP contribution in [0.1, 0.15) is 5.56 Å². The number of aromatic hydroxyl groups is 1. The van der Waals surface area contributed by atoms with Gasteiger partial charge in [0.15, 0.2) is 6.19 Å². The third kappa shape index (κ3) is 5.89. The highest BCUT2D eigenvalue weighted by Gasteiger charge is 2.23. The maximum atomic E-state index is 12.1. The number of likely N-dealkylation sites (N-methyl/N-ethyl adjacent to an activating group) is 1. The molecule has 0 heterocycles. The van der Waals surface area contributed by atoms with E-state index in [1.165, 1.54) is 19.2 Å². The van der Waals surface area contributed by atoms with E-state index in [9.17, 15) is 19.5 Å². The molecule has 120 valence electrons. The predicted octanol–water partition coefficient (Wildman–Crippen LogP) is -0.000220. The van der Waals surface area contributed by atoms with E-state index in [0.29, 0.717) is 11.6 Å². The molecule has 1 rings (SSSR count). The number of hydrogen-bond donors (Lipinski definition) is 3. The highest BCUT2D eigenvalue weighted by Crippen LogP contribution is 2.12. The second-order valence-electron chi connectivity index (χ2n) is 4.60. The Kier molecular flexibility index (Phi) is 6.30. The minimum absolute atomic E-state index is 0.0548. The summed E-state index contributed by atoms with van der Waals surface area (Å²) in [7, 11) is 1.26. The van der Waals surface area contributed by atoms with E-state index in [4.69, 9.17) is 10.4 Å². The number of nitriles is 1. The minimum atomic E-state index is -1.30. The first kappa shape index (κ1) is 17.7. The number of hydrogen-bond acceptors (Lipinski definition) is 5. The first-order valence-electron chi connectivity index (χ1n) is 6.50. The van der Waals surface area contributed by atoms with E-state index < -0.39 is 23.8 Å². The van der Waals surface area contributed by atoms with Crippen LogP contribution < -0.4 is 5.32 Å². The van der Waals surface area contributed by atoms with E-state index in [0.717, 1.165) is 11.0 Å². The van der Waals surface area contributed by atoms with Gasteiger partial charge in [0, 0.05) is 25.6 Å². The standard InChI is InChI=1S/C15H15N3O5/c1-18(9-16)15(23)12(17-13(20)6-7-14(21)22)8-10-2-4-11(19)5-3-10/h2-7,12,19H,8H2,1H3,(H,17,20)(H,21,22). The number of phenols is 1. The lowest BCUT2D eigenvalue weighted by Crippen LogP contribution is -2.47. The number of rotatable bonds is 6. The van der Waals surface area contributed by atoms with Crippen molar-refractivity contribution in [2.24, 2.45) is 0 Å². The van der Waals surface area contributed by atoms with Gasteiger partial charge in [0.1, 0.15) is 11.8 Å². The van der Waals surface area contributed by atoms with Crippen LogP contribution in [0, 0.1) is 11.5 Å². The number of amides is 2. The molecule has 8 nitrogen and oxygen atoms in total. The van der Waals surface area contributed by atoms with Gasteiger partial charge in [0.05, 0.1) is 0 Å². The van der Waals surface area contributed by atoms with Crippen LogP contribution in [0.3, 0.4) is 0 Å². The van der Waals surface area contributed by atoms with Crippen LogP contribution >= 0.6 is 0 Å². The topological polar surface area (TPSA) is 131 Å². The molecule has 0 spiro atoms. The molecule has 0 fully saturated rings. The Morgan fingerprint density at radius 1 is 1.30 bits per heavy atom. The van der Waals surface area contributed by atoms with Crippen LogP contribution in [0.2, 0.25) is 0 Å². The molecule has 0 aliphatic carbocycles. The van der Waals surface area contributed by atoms with Crippen molar-refractivity contribution in [2.45, 2.75) is 12.5 Å². The van der Waals surface area contributed by atoms with E-state index in [2.05, 4.69) is 5.32 Å². The zero-order valence-corrected chi connectivity index (χ0v) is 12.3. The van der Waals surface area contributed by atoms with Crippen molar-refractivity contribution in [3.05, 3.63) is 42.0 Å². The van der Waals surface area contributed by atoms with Gasteiger partial charge in [-0.05, 0) is 17.7 Å². The number of carboxylic acid groups (broad SMARTS) is 1. The van der Waals surface area contributed by atoms with Gasteiger partial charge >= 0.3 is 5.97 Å². The van der Waals surface area contributed by atoms with Gasteiger partial charge in [-0.25, -0.2) is 4.79 Å². The molecule has 8 heteroatoms. The van der Waals surface area contributed by atoms with Crippen LogP contribution in [0.15, 0.2) is 36.4 Å². The molecule has 1 aromatic carbocycles. The summed E-state index contributed by atoms with van der Waals surface area (Å²) in [6.07, 6.45) is 3.15. The van der Waals surface area contributed by atoms with Crippen LogP contribution in [-0.4, -0.2) is 46.0 Å². The summed E-state index contributed by atoms with van der Waals surface area (Å²) in [5.41, 5.74) is 0.648. The number of carbonyl (C=O) groups excluding carboxylic acids is 2.